The Labute approximate surface area is 177 Å². The smallest absolute Gasteiger partial charge is 0.191 e. The molecule has 1 aromatic rings. The number of halogens is 1. The third kappa shape index (κ3) is 6.05. The number of guanidine groups is 1. The van der Waals surface area contributed by atoms with E-state index in [4.69, 9.17) is 4.74 Å². The van der Waals surface area contributed by atoms with E-state index in [0.717, 1.165) is 64.6 Å². The lowest BCUT2D eigenvalue weighted by Gasteiger charge is -2.35. The van der Waals surface area contributed by atoms with Crippen molar-refractivity contribution < 1.29 is 9.84 Å². The number of hydrogen-bond acceptors (Lipinski definition) is 5. The summed E-state index contributed by atoms with van der Waals surface area (Å²) < 4.78 is 5.50. The first-order valence-electron chi connectivity index (χ1n) is 9.30. The Kier molecular flexibility index (Phi) is 9.08. The normalized spacial score (nSPS) is 21.4. The highest BCUT2D eigenvalue weighted by molar-refractivity contribution is 14.0. The Hall–Kier alpha value is -0.420. The van der Waals surface area contributed by atoms with Crippen molar-refractivity contribution in [2.75, 3.05) is 45.9 Å². The third-order valence-corrected chi connectivity index (χ3v) is 5.95. The second kappa shape index (κ2) is 10.8. The van der Waals surface area contributed by atoms with Gasteiger partial charge >= 0.3 is 0 Å². The van der Waals surface area contributed by atoms with E-state index in [9.17, 15) is 5.11 Å². The molecule has 2 aliphatic rings. The lowest BCUT2D eigenvalue weighted by molar-refractivity contribution is -0.0236. The van der Waals surface area contributed by atoms with Crippen molar-refractivity contribution >= 4 is 41.3 Å². The Bertz CT molecular complexity index is 545. The lowest BCUT2D eigenvalue weighted by Crippen LogP contribution is -2.47. The van der Waals surface area contributed by atoms with Crippen LogP contribution in [-0.4, -0.2) is 67.5 Å². The molecule has 1 saturated carbocycles. The first kappa shape index (κ1) is 21.9. The van der Waals surface area contributed by atoms with E-state index in [2.05, 4.69) is 45.0 Å². The number of hydrogen-bond donors (Lipinski definition) is 3. The largest absolute Gasteiger partial charge is 0.388 e. The van der Waals surface area contributed by atoms with Crippen LogP contribution < -0.4 is 10.6 Å². The summed E-state index contributed by atoms with van der Waals surface area (Å²) in [6, 6.07) is 4.63. The van der Waals surface area contributed by atoms with Crippen LogP contribution in [0.5, 0.6) is 0 Å². The number of aliphatic hydroxyl groups is 1. The Balaban J connectivity index is 0.00000243. The van der Waals surface area contributed by atoms with Crippen LogP contribution in [-0.2, 0) is 4.74 Å². The minimum absolute atomic E-state index is 0. The van der Waals surface area contributed by atoms with Gasteiger partial charge in [0.1, 0.15) is 0 Å². The fourth-order valence-electron chi connectivity index (χ4n) is 3.28. The molecule has 1 unspecified atom stereocenters. The van der Waals surface area contributed by atoms with Crippen molar-refractivity contribution in [1.82, 2.24) is 15.5 Å². The summed E-state index contributed by atoms with van der Waals surface area (Å²) in [5, 5.41) is 19.2. The van der Waals surface area contributed by atoms with Crippen molar-refractivity contribution in [3.05, 3.63) is 22.4 Å². The number of rotatable bonds is 7. The standard InChI is InChI=1S/C18H30N4O2S.HI/c1-2-19-17(21-14-18(23)6-4-7-18)20-13-15(16-5-3-12-25-16)22-8-10-24-11-9-22;/h3,5,12,15,23H,2,4,6-11,13-14H2,1H3,(H2,19,20,21);1H. The lowest BCUT2D eigenvalue weighted by atomic mass is 9.80. The molecule has 2 heterocycles. The van der Waals surface area contributed by atoms with Gasteiger partial charge in [-0.1, -0.05) is 6.07 Å². The van der Waals surface area contributed by atoms with E-state index >= 15 is 0 Å². The van der Waals surface area contributed by atoms with Gasteiger partial charge in [0.15, 0.2) is 5.96 Å². The van der Waals surface area contributed by atoms with Gasteiger partial charge < -0.3 is 20.5 Å². The van der Waals surface area contributed by atoms with E-state index in [1.54, 1.807) is 11.3 Å². The van der Waals surface area contributed by atoms with Crippen LogP contribution >= 0.6 is 35.3 Å². The SMILES string of the molecule is CCNC(=NCC1(O)CCC1)NCC(c1cccs1)N1CCOCC1.I. The minimum atomic E-state index is -0.584. The van der Waals surface area contributed by atoms with Gasteiger partial charge in [-0.2, -0.15) is 0 Å². The molecular weight excluding hydrogens is 463 g/mol. The molecule has 8 heteroatoms. The van der Waals surface area contributed by atoms with Gasteiger partial charge in [0.2, 0.25) is 0 Å². The number of nitrogens with one attached hydrogen (secondary N) is 2. The molecule has 1 aliphatic carbocycles. The molecule has 2 fully saturated rings. The Morgan fingerprint density at radius 2 is 2.15 bits per heavy atom. The fourth-order valence-corrected chi connectivity index (χ4v) is 4.14. The van der Waals surface area contributed by atoms with Crippen LogP contribution in [0.2, 0.25) is 0 Å². The predicted octanol–water partition coefficient (Wildman–Crippen LogP) is 2.21. The van der Waals surface area contributed by atoms with Crippen molar-refractivity contribution in [3.8, 4) is 0 Å². The molecule has 0 radical (unpaired) electrons. The highest BCUT2D eigenvalue weighted by Crippen LogP contribution is 2.31. The Morgan fingerprint density at radius 1 is 1.38 bits per heavy atom. The zero-order chi connectivity index (χ0) is 17.5. The number of aliphatic imine (C=N–C) groups is 1. The van der Waals surface area contributed by atoms with Crippen LogP contribution in [0, 0.1) is 0 Å². The van der Waals surface area contributed by atoms with E-state index in [-0.39, 0.29) is 24.0 Å². The highest BCUT2D eigenvalue weighted by Gasteiger charge is 2.34. The number of ether oxygens (including phenoxy) is 1. The zero-order valence-corrected chi connectivity index (χ0v) is 18.6. The van der Waals surface area contributed by atoms with Gasteiger partial charge in [-0.25, -0.2) is 0 Å². The number of morpholine rings is 1. The van der Waals surface area contributed by atoms with Gasteiger partial charge in [-0.15, -0.1) is 35.3 Å². The minimum Gasteiger partial charge on any atom is -0.388 e. The first-order valence-corrected chi connectivity index (χ1v) is 10.2. The van der Waals surface area contributed by atoms with Crippen LogP contribution in [0.3, 0.4) is 0 Å². The Morgan fingerprint density at radius 3 is 2.73 bits per heavy atom. The molecule has 0 spiro atoms. The van der Waals surface area contributed by atoms with E-state index in [1.807, 2.05) is 0 Å². The first-order chi connectivity index (χ1) is 12.2. The summed E-state index contributed by atoms with van der Waals surface area (Å²) >= 11 is 1.80. The predicted molar refractivity (Wildman–Crippen MR) is 118 cm³/mol. The van der Waals surface area contributed by atoms with Gasteiger partial charge in [0.25, 0.3) is 0 Å². The second-order valence-electron chi connectivity index (χ2n) is 6.83. The second-order valence-corrected chi connectivity index (χ2v) is 7.81. The molecule has 1 atom stereocenters. The molecule has 0 aromatic carbocycles. The summed E-state index contributed by atoms with van der Waals surface area (Å²) in [7, 11) is 0. The third-order valence-electron chi connectivity index (χ3n) is 4.98. The maximum Gasteiger partial charge on any atom is 0.191 e. The monoisotopic (exact) mass is 494 g/mol. The van der Waals surface area contributed by atoms with Crippen LogP contribution in [0.4, 0.5) is 0 Å². The zero-order valence-electron chi connectivity index (χ0n) is 15.4. The van der Waals surface area contributed by atoms with Crippen LogP contribution in [0.1, 0.15) is 37.1 Å². The van der Waals surface area contributed by atoms with Gasteiger partial charge in [-0.3, -0.25) is 9.89 Å². The van der Waals surface area contributed by atoms with Gasteiger partial charge in [-0.05, 0) is 37.6 Å². The topological polar surface area (TPSA) is 69.1 Å². The molecular formula is C18H31IN4O2S. The molecule has 3 rings (SSSR count). The average Bonchev–Trinajstić information content (AvgIpc) is 3.13. The van der Waals surface area contributed by atoms with Crippen molar-refractivity contribution in [2.45, 2.75) is 37.8 Å². The van der Waals surface area contributed by atoms with E-state index in [1.165, 1.54) is 4.88 Å². The average molecular weight is 494 g/mol. The van der Waals surface area contributed by atoms with E-state index < -0.39 is 5.60 Å². The molecule has 6 nitrogen and oxygen atoms in total. The summed E-state index contributed by atoms with van der Waals surface area (Å²) in [5.74, 6) is 0.789. The maximum atomic E-state index is 10.3. The van der Waals surface area contributed by atoms with Crippen molar-refractivity contribution in [1.29, 1.82) is 0 Å². The summed E-state index contributed by atoms with van der Waals surface area (Å²) in [5.41, 5.74) is -0.584. The van der Waals surface area contributed by atoms with E-state index in [0.29, 0.717) is 12.6 Å². The number of thiophene rings is 1. The summed E-state index contributed by atoms with van der Waals surface area (Å²) in [6.07, 6.45) is 2.83. The molecule has 0 bridgehead atoms. The number of nitrogens with zero attached hydrogens (tertiary/aromatic N) is 2. The molecule has 0 amide bonds. The van der Waals surface area contributed by atoms with Crippen LogP contribution in [0.25, 0.3) is 0 Å². The van der Waals surface area contributed by atoms with Crippen molar-refractivity contribution in [3.63, 3.8) is 0 Å². The molecule has 3 N–H and O–H groups in total. The van der Waals surface area contributed by atoms with Gasteiger partial charge in [0, 0.05) is 31.1 Å². The van der Waals surface area contributed by atoms with Crippen LogP contribution in [0.15, 0.2) is 22.5 Å². The molecule has 26 heavy (non-hydrogen) atoms. The molecule has 1 aromatic heterocycles. The highest BCUT2D eigenvalue weighted by atomic mass is 127. The quantitative estimate of drug-likeness (QED) is 0.308. The van der Waals surface area contributed by atoms with Crippen molar-refractivity contribution in [2.24, 2.45) is 4.99 Å². The van der Waals surface area contributed by atoms with Gasteiger partial charge in [0.05, 0.1) is 31.4 Å². The molecule has 1 saturated heterocycles. The summed E-state index contributed by atoms with van der Waals surface area (Å²) in [4.78, 5) is 8.45. The fraction of sp³-hybridized carbons (Fsp3) is 0.722. The maximum absolute atomic E-state index is 10.3. The molecule has 148 valence electrons. The molecule has 1 aliphatic heterocycles. The summed E-state index contributed by atoms with van der Waals surface area (Å²) in [6.45, 7) is 7.65.